The Labute approximate surface area is 124 Å². The minimum atomic E-state index is 0.533. The van der Waals surface area contributed by atoms with Gasteiger partial charge in [-0.25, -0.2) is 4.98 Å². The molecular weight excluding hydrogens is 270 g/mol. The predicted molar refractivity (Wildman–Crippen MR) is 87.6 cm³/mol. The number of nitrogens with zero attached hydrogens (tertiary/aromatic N) is 2. The molecule has 2 N–H and O–H groups in total. The number of rotatable bonds is 6. The Hall–Kier alpha value is -1.88. The Morgan fingerprint density at radius 1 is 1.40 bits per heavy atom. The normalized spacial score (nSPS) is 10.5. The summed E-state index contributed by atoms with van der Waals surface area (Å²) < 4.78 is 5.26. The lowest BCUT2D eigenvalue weighted by Gasteiger charge is -2.23. The second kappa shape index (κ2) is 6.52. The number of anilines is 1. The lowest BCUT2D eigenvalue weighted by Crippen LogP contribution is -2.28. The molecule has 0 aliphatic carbocycles. The molecule has 0 unspecified atom stereocenters. The Bertz CT molecular complexity index is 615. The molecule has 0 bridgehead atoms. The zero-order valence-corrected chi connectivity index (χ0v) is 12.6. The van der Waals surface area contributed by atoms with E-state index in [9.17, 15) is 0 Å². The molecule has 0 fully saturated rings. The van der Waals surface area contributed by atoms with Crippen LogP contribution in [0.4, 0.5) is 5.82 Å². The van der Waals surface area contributed by atoms with E-state index < -0.39 is 0 Å². The van der Waals surface area contributed by atoms with Gasteiger partial charge in [-0.3, -0.25) is 0 Å². The number of benzene rings is 1. The van der Waals surface area contributed by atoms with E-state index in [0.29, 0.717) is 11.4 Å². The van der Waals surface area contributed by atoms with Crippen LogP contribution in [0.25, 0.3) is 10.8 Å². The number of thiocarbonyl (C=S) groups is 1. The highest BCUT2D eigenvalue weighted by Gasteiger charge is 2.10. The van der Waals surface area contributed by atoms with Crippen molar-refractivity contribution in [2.45, 2.75) is 13.3 Å². The average molecular weight is 289 g/mol. The van der Waals surface area contributed by atoms with Crippen LogP contribution in [-0.2, 0) is 0 Å². The van der Waals surface area contributed by atoms with Crippen molar-refractivity contribution in [2.24, 2.45) is 5.73 Å². The van der Waals surface area contributed by atoms with Gasteiger partial charge in [-0.1, -0.05) is 12.2 Å². The molecule has 2 rings (SSSR count). The number of hydrogen-bond acceptors (Lipinski definition) is 4. The van der Waals surface area contributed by atoms with E-state index in [1.807, 2.05) is 30.5 Å². The quantitative estimate of drug-likeness (QED) is 0.829. The van der Waals surface area contributed by atoms with E-state index in [-0.39, 0.29) is 0 Å². The fourth-order valence-electron chi connectivity index (χ4n) is 2.18. The minimum Gasteiger partial charge on any atom is -0.497 e. The van der Waals surface area contributed by atoms with E-state index in [2.05, 4.69) is 16.8 Å². The van der Waals surface area contributed by atoms with Crippen LogP contribution in [0.5, 0.6) is 5.75 Å². The predicted octanol–water partition coefficient (Wildman–Crippen LogP) is 2.75. The van der Waals surface area contributed by atoms with E-state index in [1.165, 1.54) is 0 Å². The number of methoxy groups -OCH3 is 1. The zero-order chi connectivity index (χ0) is 14.5. The molecule has 1 aromatic carbocycles. The lowest BCUT2D eigenvalue weighted by molar-refractivity contribution is 0.415. The minimum absolute atomic E-state index is 0.533. The van der Waals surface area contributed by atoms with Crippen molar-refractivity contribution in [3.05, 3.63) is 30.5 Å². The molecule has 1 aromatic heterocycles. The maximum absolute atomic E-state index is 5.59. The maximum Gasteiger partial charge on any atom is 0.136 e. The molecular formula is C15H19N3OS. The van der Waals surface area contributed by atoms with Crippen LogP contribution in [0.1, 0.15) is 13.3 Å². The smallest absolute Gasteiger partial charge is 0.136 e. The van der Waals surface area contributed by atoms with Gasteiger partial charge in [0.2, 0.25) is 0 Å². The Morgan fingerprint density at radius 2 is 2.20 bits per heavy atom. The molecule has 0 amide bonds. The van der Waals surface area contributed by atoms with Crippen molar-refractivity contribution in [1.29, 1.82) is 0 Å². The topological polar surface area (TPSA) is 51.4 Å². The first-order chi connectivity index (χ1) is 9.65. The fourth-order valence-corrected chi connectivity index (χ4v) is 2.27. The summed E-state index contributed by atoms with van der Waals surface area (Å²) in [5, 5.41) is 2.22. The number of aromatic nitrogens is 1. The summed E-state index contributed by atoms with van der Waals surface area (Å²) >= 11 is 4.95. The van der Waals surface area contributed by atoms with Crippen molar-refractivity contribution >= 4 is 33.8 Å². The molecule has 0 saturated heterocycles. The first-order valence-corrected chi connectivity index (χ1v) is 7.02. The Kier molecular flexibility index (Phi) is 4.74. The van der Waals surface area contributed by atoms with Crippen molar-refractivity contribution in [2.75, 3.05) is 25.1 Å². The molecule has 2 aromatic rings. The summed E-state index contributed by atoms with van der Waals surface area (Å²) in [7, 11) is 1.67. The summed E-state index contributed by atoms with van der Waals surface area (Å²) in [6, 6.07) is 8.00. The van der Waals surface area contributed by atoms with Crippen LogP contribution < -0.4 is 15.4 Å². The van der Waals surface area contributed by atoms with Gasteiger partial charge in [0.05, 0.1) is 12.1 Å². The molecule has 0 atom stereocenters. The van der Waals surface area contributed by atoms with Gasteiger partial charge >= 0.3 is 0 Å². The summed E-state index contributed by atoms with van der Waals surface area (Å²) in [4.78, 5) is 7.23. The third-order valence-electron chi connectivity index (χ3n) is 3.26. The molecule has 1 heterocycles. The van der Waals surface area contributed by atoms with Crippen molar-refractivity contribution in [1.82, 2.24) is 4.98 Å². The zero-order valence-electron chi connectivity index (χ0n) is 11.8. The van der Waals surface area contributed by atoms with Crippen molar-refractivity contribution in [3.8, 4) is 5.75 Å². The van der Waals surface area contributed by atoms with Crippen molar-refractivity contribution in [3.63, 3.8) is 0 Å². The van der Waals surface area contributed by atoms with Gasteiger partial charge in [-0.05, 0) is 36.6 Å². The van der Waals surface area contributed by atoms with E-state index in [0.717, 1.165) is 35.4 Å². The second-order valence-corrected chi connectivity index (χ2v) is 5.04. The molecule has 0 radical (unpaired) electrons. The van der Waals surface area contributed by atoms with Gasteiger partial charge in [0.15, 0.2) is 0 Å². The number of hydrogen-bond donors (Lipinski definition) is 1. The van der Waals surface area contributed by atoms with Crippen LogP contribution in [0.2, 0.25) is 0 Å². The van der Waals surface area contributed by atoms with Gasteiger partial charge in [-0.2, -0.15) is 0 Å². The highest BCUT2D eigenvalue weighted by molar-refractivity contribution is 7.80. The van der Waals surface area contributed by atoms with Gasteiger partial charge in [-0.15, -0.1) is 0 Å². The second-order valence-electron chi connectivity index (χ2n) is 4.52. The van der Waals surface area contributed by atoms with Gasteiger partial charge < -0.3 is 15.4 Å². The maximum atomic E-state index is 5.59. The van der Waals surface area contributed by atoms with Crippen LogP contribution in [0.15, 0.2) is 30.5 Å². The third-order valence-corrected chi connectivity index (χ3v) is 3.46. The SMILES string of the molecule is CCN(CCC(N)=S)c1nccc2cc(OC)ccc12. The molecule has 106 valence electrons. The number of pyridine rings is 1. The van der Waals surface area contributed by atoms with Crippen LogP contribution in [-0.4, -0.2) is 30.2 Å². The van der Waals surface area contributed by atoms with Gasteiger partial charge in [0.1, 0.15) is 11.6 Å². The summed E-state index contributed by atoms with van der Waals surface area (Å²) in [6.45, 7) is 3.74. The lowest BCUT2D eigenvalue weighted by atomic mass is 10.1. The standard InChI is InChI=1S/C15H19N3OS/c1-3-18(9-7-14(16)20)15-13-5-4-12(19-2)10-11(13)6-8-17-15/h4-6,8,10H,3,7,9H2,1-2H3,(H2,16,20). The fraction of sp³-hybridized carbons (Fsp3) is 0.333. The molecule has 5 heteroatoms. The number of ether oxygens (including phenoxy) is 1. The molecule has 0 saturated carbocycles. The van der Waals surface area contributed by atoms with Crippen LogP contribution >= 0.6 is 12.2 Å². The highest BCUT2D eigenvalue weighted by Crippen LogP contribution is 2.27. The molecule has 0 spiro atoms. The Balaban J connectivity index is 2.39. The van der Waals surface area contributed by atoms with Crippen molar-refractivity contribution < 1.29 is 4.74 Å². The Morgan fingerprint density at radius 3 is 2.85 bits per heavy atom. The third kappa shape index (κ3) is 3.17. The van der Waals surface area contributed by atoms with Gasteiger partial charge in [0.25, 0.3) is 0 Å². The largest absolute Gasteiger partial charge is 0.497 e. The van der Waals surface area contributed by atoms with E-state index in [4.69, 9.17) is 22.7 Å². The van der Waals surface area contributed by atoms with E-state index in [1.54, 1.807) is 7.11 Å². The summed E-state index contributed by atoms with van der Waals surface area (Å²) in [6.07, 6.45) is 2.51. The molecule has 0 aliphatic heterocycles. The molecule has 20 heavy (non-hydrogen) atoms. The molecule has 0 aliphatic rings. The first-order valence-electron chi connectivity index (χ1n) is 6.61. The summed E-state index contributed by atoms with van der Waals surface area (Å²) in [5.74, 6) is 1.81. The monoisotopic (exact) mass is 289 g/mol. The van der Waals surface area contributed by atoms with Crippen LogP contribution in [0.3, 0.4) is 0 Å². The number of nitrogens with two attached hydrogens (primary N) is 1. The highest BCUT2D eigenvalue weighted by atomic mass is 32.1. The molecule has 4 nitrogen and oxygen atoms in total. The summed E-state index contributed by atoms with van der Waals surface area (Å²) in [5.41, 5.74) is 5.59. The number of fused-ring (bicyclic) bond motifs is 1. The van der Waals surface area contributed by atoms with Crippen LogP contribution in [0, 0.1) is 0 Å². The van der Waals surface area contributed by atoms with E-state index >= 15 is 0 Å². The first kappa shape index (κ1) is 14.5. The van der Waals surface area contributed by atoms with Gasteiger partial charge in [0, 0.05) is 31.1 Å². The average Bonchev–Trinajstić information content (AvgIpc) is 2.47.